The van der Waals surface area contributed by atoms with E-state index >= 15 is 0 Å². The second kappa shape index (κ2) is 3.37. The zero-order chi connectivity index (χ0) is 10.3. The molecular formula is C9H11N5S. The molecule has 0 aromatic carbocycles. The Kier molecular flexibility index (Phi) is 2.02. The minimum Gasteiger partial charge on any atom is -0.244 e. The lowest BCUT2D eigenvalue weighted by atomic mass is 10.4. The van der Waals surface area contributed by atoms with Gasteiger partial charge in [0.25, 0.3) is 0 Å². The van der Waals surface area contributed by atoms with E-state index in [0.717, 1.165) is 17.4 Å². The van der Waals surface area contributed by atoms with Gasteiger partial charge in [-0.3, -0.25) is 0 Å². The van der Waals surface area contributed by atoms with E-state index in [1.54, 1.807) is 16.0 Å². The highest BCUT2D eigenvalue weighted by molar-refractivity contribution is 7.09. The highest BCUT2D eigenvalue weighted by Gasteiger charge is 2.26. The Hall–Kier alpha value is -1.30. The summed E-state index contributed by atoms with van der Waals surface area (Å²) in [7, 11) is 0. The van der Waals surface area contributed by atoms with E-state index in [1.807, 2.05) is 6.92 Å². The van der Waals surface area contributed by atoms with Crippen molar-refractivity contribution in [2.75, 3.05) is 0 Å². The first kappa shape index (κ1) is 8.96. The van der Waals surface area contributed by atoms with Gasteiger partial charge < -0.3 is 0 Å². The van der Waals surface area contributed by atoms with Gasteiger partial charge in [-0.2, -0.15) is 0 Å². The molecule has 0 unspecified atom stereocenters. The maximum absolute atomic E-state index is 4.59. The van der Waals surface area contributed by atoms with Crippen LogP contribution in [0.2, 0.25) is 0 Å². The largest absolute Gasteiger partial charge is 0.244 e. The van der Waals surface area contributed by atoms with Crippen molar-refractivity contribution < 1.29 is 0 Å². The van der Waals surface area contributed by atoms with E-state index in [1.165, 1.54) is 17.8 Å². The Morgan fingerprint density at radius 3 is 3.07 bits per heavy atom. The van der Waals surface area contributed by atoms with Crippen molar-refractivity contribution in [1.82, 2.24) is 25.2 Å². The standard InChI is InChI=1S/C9H11N5S/c1-6-11-12-13-14(6)4-8-5-15-9(10-8)7-2-3-7/h5,7H,2-4H2,1H3. The normalized spacial score (nSPS) is 15.8. The van der Waals surface area contributed by atoms with Crippen LogP contribution in [0.25, 0.3) is 0 Å². The van der Waals surface area contributed by atoms with Crippen LogP contribution < -0.4 is 0 Å². The molecule has 0 amide bonds. The molecule has 2 heterocycles. The van der Waals surface area contributed by atoms with E-state index in [-0.39, 0.29) is 0 Å². The van der Waals surface area contributed by atoms with Crippen molar-refractivity contribution >= 4 is 11.3 Å². The Labute approximate surface area is 91.2 Å². The van der Waals surface area contributed by atoms with Crippen LogP contribution >= 0.6 is 11.3 Å². The van der Waals surface area contributed by atoms with Gasteiger partial charge in [-0.1, -0.05) is 0 Å². The molecule has 0 bridgehead atoms. The van der Waals surface area contributed by atoms with Crippen molar-refractivity contribution in [3.8, 4) is 0 Å². The molecule has 15 heavy (non-hydrogen) atoms. The average Bonchev–Trinajstić information content (AvgIpc) is 2.86. The topological polar surface area (TPSA) is 56.5 Å². The van der Waals surface area contributed by atoms with Gasteiger partial charge in [-0.05, 0) is 30.2 Å². The number of hydrogen-bond acceptors (Lipinski definition) is 5. The molecule has 0 N–H and O–H groups in total. The van der Waals surface area contributed by atoms with Crippen molar-refractivity contribution in [3.05, 3.63) is 21.9 Å². The van der Waals surface area contributed by atoms with Crippen LogP contribution in [0, 0.1) is 6.92 Å². The molecule has 3 rings (SSSR count). The van der Waals surface area contributed by atoms with E-state index < -0.39 is 0 Å². The van der Waals surface area contributed by atoms with Gasteiger partial charge in [-0.15, -0.1) is 16.4 Å². The fraction of sp³-hybridized carbons (Fsp3) is 0.556. The Balaban J connectivity index is 1.79. The van der Waals surface area contributed by atoms with Crippen molar-refractivity contribution in [2.24, 2.45) is 0 Å². The van der Waals surface area contributed by atoms with E-state index in [0.29, 0.717) is 6.54 Å². The smallest absolute Gasteiger partial charge is 0.148 e. The maximum Gasteiger partial charge on any atom is 0.148 e. The minimum atomic E-state index is 0.683. The Morgan fingerprint density at radius 2 is 2.40 bits per heavy atom. The molecule has 1 saturated carbocycles. The summed E-state index contributed by atoms with van der Waals surface area (Å²) in [6.07, 6.45) is 2.60. The molecule has 1 aliphatic rings. The molecular weight excluding hydrogens is 210 g/mol. The molecule has 5 nitrogen and oxygen atoms in total. The average molecular weight is 221 g/mol. The number of nitrogens with zero attached hydrogens (tertiary/aromatic N) is 5. The summed E-state index contributed by atoms with van der Waals surface area (Å²) in [6, 6.07) is 0. The summed E-state index contributed by atoms with van der Waals surface area (Å²) in [5.74, 6) is 1.56. The SMILES string of the molecule is Cc1nnnn1Cc1csc(C2CC2)n1. The number of aryl methyl sites for hydroxylation is 1. The summed E-state index contributed by atoms with van der Waals surface area (Å²) in [5.41, 5.74) is 1.07. The van der Waals surface area contributed by atoms with Crippen molar-refractivity contribution in [1.29, 1.82) is 0 Å². The summed E-state index contributed by atoms with van der Waals surface area (Å²) >= 11 is 1.75. The van der Waals surface area contributed by atoms with Crippen LogP contribution in [-0.2, 0) is 6.54 Å². The quantitative estimate of drug-likeness (QED) is 0.785. The van der Waals surface area contributed by atoms with Gasteiger partial charge in [0.05, 0.1) is 17.2 Å². The zero-order valence-corrected chi connectivity index (χ0v) is 9.24. The molecule has 0 radical (unpaired) electrons. The second-order valence-electron chi connectivity index (χ2n) is 3.84. The third kappa shape index (κ3) is 1.77. The van der Waals surface area contributed by atoms with Crippen molar-refractivity contribution in [3.63, 3.8) is 0 Å². The van der Waals surface area contributed by atoms with Gasteiger partial charge in [0.1, 0.15) is 5.82 Å². The second-order valence-corrected chi connectivity index (χ2v) is 4.72. The Morgan fingerprint density at radius 1 is 1.53 bits per heavy atom. The number of hydrogen-bond donors (Lipinski definition) is 0. The summed E-state index contributed by atoms with van der Waals surface area (Å²) in [6.45, 7) is 2.58. The molecule has 0 atom stereocenters. The third-order valence-corrected chi connectivity index (χ3v) is 3.57. The van der Waals surface area contributed by atoms with E-state index in [4.69, 9.17) is 0 Å². The fourth-order valence-electron chi connectivity index (χ4n) is 1.46. The molecule has 0 aliphatic heterocycles. The van der Waals surface area contributed by atoms with Gasteiger partial charge in [0, 0.05) is 11.3 Å². The third-order valence-electron chi connectivity index (χ3n) is 2.52. The van der Waals surface area contributed by atoms with Crippen LogP contribution in [0.15, 0.2) is 5.38 Å². The number of thiazole rings is 1. The molecule has 2 aromatic rings. The van der Waals surface area contributed by atoms with Crippen LogP contribution in [0.5, 0.6) is 0 Å². The van der Waals surface area contributed by atoms with Crippen molar-refractivity contribution in [2.45, 2.75) is 32.2 Å². The van der Waals surface area contributed by atoms with Gasteiger partial charge in [-0.25, -0.2) is 9.67 Å². The van der Waals surface area contributed by atoms with Crippen LogP contribution in [-0.4, -0.2) is 25.2 Å². The molecule has 0 saturated heterocycles. The summed E-state index contributed by atoms with van der Waals surface area (Å²) in [5, 5.41) is 14.7. The Bertz CT molecular complexity index is 470. The maximum atomic E-state index is 4.59. The highest BCUT2D eigenvalue weighted by atomic mass is 32.1. The van der Waals surface area contributed by atoms with E-state index in [9.17, 15) is 0 Å². The molecule has 6 heteroatoms. The summed E-state index contributed by atoms with van der Waals surface area (Å²) < 4.78 is 1.77. The predicted molar refractivity (Wildman–Crippen MR) is 55.7 cm³/mol. The first-order valence-electron chi connectivity index (χ1n) is 5.00. The minimum absolute atomic E-state index is 0.683. The molecule has 1 aliphatic carbocycles. The molecule has 78 valence electrons. The summed E-state index contributed by atoms with van der Waals surface area (Å²) in [4.78, 5) is 4.59. The molecule has 1 fully saturated rings. The van der Waals surface area contributed by atoms with Gasteiger partial charge >= 0.3 is 0 Å². The van der Waals surface area contributed by atoms with Crippen LogP contribution in [0.1, 0.15) is 35.3 Å². The van der Waals surface area contributed by atoms with Crippen LogP contribution in [0.4, 0.5) is 0 Å². The van der Waals surface area contributed by atoms with Crippen LogP contribution in [0.3, 0.4) is 0 Å². The lowest BCUT2D eigenvalue weighted by molar-refractivity contribution is 0.624. The number of tetrazole rings is 1. The first-order chi connectivity index (χ1) is 7.33. The lowest BCUT2D eigenvalue weighted by Crippen LogP contribution is -2.04. The zero-order valence-electron chi connectivity index (χ0n) is 8.42. The first-order valence-corrected chi connectivity index (χ1v) is 5.88. The molecule has 0 spiro atoms. The van der Waals surface area contributed by atoms with E-state index in [2.05, 4.69) is 25.9 Å². The predicted octanol–water partition coefficient (Wildman–Crippen LogP) is 1.36. The monoisotopic (exact) mass is 221 g/mol. The number of aromatic nitrogens is 5. The molecule has 2 aromatic heterocycles. The fourth-order valence-corrected chi connectivity index (χ4v) is 2.44. The van der Waals surface area contributed by atoms with Gasteiger partial charge in [0.15, 0.2) is 0 Å². The van der Waals surface area contributed by atoms with Gasteiger partial charge in [0.2, 0.25) is 0 Å². The highest BCUT2D eigenvalue weighted by Crippen LogP contribution is 2.41. The lowest BCUT2D eigenvalue weighted by Gasteiger charge is -1.96. The number of rotatable bonds is 3.